The maximum atomic E-state index is 11.8. The van der Waals surface area contributed by atoms with Gasteiger partial charge in [-0.25, -0.2) is 9.55 Å². The van der Waals surface area contributed by atoms with Crippen molar-refractivity contribution >= 4 is 33.0 Å². The summed E-state index contributed by atoms with van der Waals surface area (Å²) in [5.41, 5.74) is 4.48. The molecule has 12 heteroatoms. The van der Waals surface area contributed by atoms with Crippen LogP contribution in [0.1, 0.15) is 0 Å². The first kappa shape index (κ1) is 15.3. The molecule has 0 unspecified atom stereocenters. The Labute approximate surface area is 130 Å². The van der Waals surface area contributed by atoms with Gasteiger partial charge in [-0.2, -0.15) is 4.98 Å². The molecule has 0 spiro atoms. The van der Waals surface area contributed by atoms with Gasteiger partial charge in [-0.3, -0.25) is 9.78 Å². The van der Waals surface area contributed by atoms with Gasteiger partial charge in [0.15, 0.2) is 22.0 Å². The fourth-order valence-electron chi connectivity index (χ4n) is 2.36. The number of aromatic nitrogens is 4. The zero-order valence-electron chi connectivity index (χ0n) is 10.8. The molecule has 0 bridgehead atoms. The van der Waals surface area contributed by atoms with E-state index in [-0.39, 0.29) is 21.8 Å². The number of anilines is 1. The van der Waals surface area contributed by atoms with Crippen LogP contribution in [0.5, 0.6) is 0 Å². The molecular formula is C10H12BrN5O6. The van der Waals surface area contributed by atoms with Gasteiger partial charge in [0, 0.05) is 0 Å². The van der Waals surface area contributed by atoms with Gasteiger partial charge >= 0.3 is 0 Å². The summed E-state index contributed by atoms with van der Waals surface area (Å²) in [6.45, 7) is -0.638. The standard InChI is InChI=1S/C10H12BrN5O6/c11-8-13-3-6(14-9(12)15-7(3)20)16(8)10(21)5(19)4(18)2(1-17)22-10/h2,4-5,17-19,21H,1H2,(H3,12,14,15,20)/t2-,4-,5-,10+/m1/s1. The molecule has 1 fully saturated rings. The average Bonchev–Trinajstić information content (AvgIpc) is 2.89. The normalized spacial score (nSPS) is 32.0. The summed E-state index contributed by atoms with van der Waals surface area (Å²) in [5, 5.41) is 39.6. The van der Waals surface area contributed by atoms with Crippen molar-refractivity contribution in [1.82, 2.24) is 19.5 Å². The molecule has 22 heavy (non-hydrogen) atoms. The van der Waals surface area contributed by atoms with Gasteiger partial charge in [0.25, 0.3) is 11.5 Å². The Morgan fingerprint density at radius 2 is 2.14 bits per heavy atom. The van der Waals surface area contributed by atoms with Crippen molar-refractivity contribution in [2.75, 3.05) is 12.3 Å². The summed E-state index contributed by atoms with van der Waals surface area (Å²) in [6, 6.07) is 0. The molecule has 1 aliphatic rings. The van der Waals surface area contributed by atoms with Gasteiger partial charge in [-0.05, 0) is 15.9 Å². The lowest BCUT2D eigenvalue weighted by Gasteiger charge is -2.27. The molecule has 3 heterocycles. The molecule has 4 atom stereocenters. The number of aliphatic hydroxyl groups excluding tert-OH is 3. The number of fused-ring (bicyclic) bond motifs is 1. The van der Waals surface area contributed by atoms with E-state index in [4.69, 9.17) is 15.6 Å². The Morgan fingerprint density at radius 1 is 1.45 bits per heavy atom. The fraction of sp³-hybridized carbons (Fsp3) is 0.500. The predicted octanol–water partition coefficient (Wildman–Crippen LogP) is -2.82. The molecule has 2 aromatic heterocycles. The van der Waals surface area contributed by atoms with E-state index >= 15 is 0 Å². The van der Waals surface area contributed by atoms with Crippen LogP contribution < -0.4 is 11.3 Å². The SMILES string of the molecule is Nc1nc2c(nc(Br)n2[C@@]2(O)O[C@H](CO)[C@@H](O)[C@H]2O)c(=O)[nH]1. The van der Waals surface area contributed by atoms with Crippen LogP contribution in [-0.4, -0.2) is 64.9 Å². The minimum absolute atomic E-state index is 0.0848. The molecule has 120 valence electrons. The number of aromatic amines is 1. The number of hydrogen-bond acceptors (Lipinski definition) is 9. The highest BCUT2D eigenvalue weighted by atomic mass is 79.9. The molecule has 1 aliphatic heterocycles. The molecular weight excluding hydrogens is 366 g/mol. The van der Waals surface area contributed by atoms with Crippen LogP contribution in [0.3, 0.4) is 0 Å². The number of nitrogen functional groups attached to an aromatic ring is 1. The number of halogens is 1. The van der Waals surface area contributed by atoms with Gasteiger partial charge in [0.1, 0.15) is 12.2 Å². The zero-order chi connectivity index (χ0) is 16.2. The van der Waals surface area contributed by atoms with Crippen molar-refractivity contribution in [2.24, 2.45) is 0 Å². The molecule has 0 saturated carbocycles. The predicted molar refractivity (Wildman–Crippen MR) is 74.4 cm³/mol. The van der Waals surface area contributed by atoms with E-state index in [1.807, 2.05) is 0 Å². The van der Waals surface area contributed by atoms with E-state index in [0.29, 0.717) is 0 Å². The average molecular weight is 378 g/mol. The van der Waals surface area contributed by atoms with Crippen LogP contribution >= 0.6 is 15.9 Å². The minimum Gasteiger partial charge on any atom is -0.394 e. The van der Waals surface area contributed by atoms with Gasteiger partial charge < -0.3 is 30.9 Å². The summed E-state index contributed by atoms with van der Waals surface area (Å²) in [6.07, 6.45) is -4.61. The van der Waals surface area contributed by atoms with E-state index < -0.39 is 36.4 Å². The van der Waals surface area contributed by atoms with Crippen LogP contribution in [-0.2, 0) is 10.6 Å². The number of hydrogen-bond donors (Lipinski definition) is 6. The summed E-state index contributed by atoms with van der Waals surface area (Å²) >= 11 is 3.03. The highest BCUT2D eigenvalue weighted by Gasteiger charge is 2.56. The third kappa shape index (κ3) is 1.96. The molecule has 0 aromatic carbocycles. The van der Waals surface area contributed by atoms with Crippen LogP contribution in [0.15, 0.2) is 9.53 Å². The number of nitrogens with one attached hydrogen (secondary N) is 1. The topological polar surface area (TPSA) is 180 Å². The zero-order valence-corrected chi connectivity index (χ0v) is 12.4. The summed E-state index contributed by atoms with van der Waals surface area (Å²) in [4.78, 5) is 21.8. The largest absolute Gasteiger partial charge is 0.394 e. The number of aliphatic hydroxyl groups is 4. The quantitative estimate of drug-likeness (QED) is 0.301. The highest BCUT2D eigenvalue weighted by molar-refractivity contribution is 9.10. The lowest BCUT2D eigenvalue weighted by molar-refractivity contribution is -0.288. The molecule has 0 aliphatic carbocycles. The third-order valence-corrected chi connectivity index (χ3v) is 3.94. The van der Waals surface area contributed by atoms with Crippen LogP contribution in [0.25, 0.3) is 11.2 Å². The van der Waals surface area contributed by atoms with Crippen molar-refractivity contribution in [3.8, 4) is 0 Å². The second kappa shape index (κ2) is 4.97. The Kier molecular flexibility index (Phi) is 3.47. The number of rotatable bonds is 2. The van der Waals surface area contributed by atoms with Gasteiger partial charge in [0.2, 0.25) is 5.95 Å². The van der Waals surface area contributed by atoms with E-state index in [9.17, 15) is 20.1 Å². The maximum absolute atomic E-state index is 11.8. The van der Waals surface area contributed by atoms with Crippen molar-refractivity contribution in [2.45, 2.75) is 24.2 Å². The maximum Gasteiger partial charge on any atom is 0.287 e. The molecule has 1 saturated heterocycles. The molecule has 2 aromatic rings. The Hall–Kier alpha value is -1.57. The molecule has 11 nitrogen and oxygen atoms in total. The summed E-state index contributed by atoms with van der Waals surface area (Å²) in [5.74, 6) is -2.73. The number of nitrogens with two attached hydrogens (primary N) is 1. The molecule has 0 radical (unpaired) electrons. The first-order chi connectivity index (χ1) is 10.3. The summed E-state index contributed by atoms with van der Waals surface area (Å²) in [7, 11) is 0. The second-order valence-corrected chi connectivity index (χ2v) is 5.48. The molecule has 3 rings (SSSR count). The Bertz CT molecular complexity index is 792. The van der Waals surface area contributed by atoms with E-state index in [0.717, 1.165) is 4.57 Å². The number of imidazole rings is 1. The van der Waals surface area contributed by atoms with E-state index in [1.165, 1.54) is 0 Å². The Balaban J connectivity index is 2.26. The van der Waals surface area contributed by atoms with Crippen molar-refractivity contribution < 1.29 is 25.2 Å². The lowest BCUT2D eigenvalue weighted by Crippen LogP contribution is -2.45. The molecule has 0 amide bonds. The summed E-state index contributed by atoms with van der Waals surface area (Å²) < 4.78 is 5.93. The van der Waals surface area contributed by atoms with Crippen LogP contribution in [0.2, 0.25) is 0 Å². The van der Waals surface area contributed by atoms with Crippen molar-refractivity contribution in [3.63, 3.8) is 0 Å². The van der Waals surface area contributed by atoms with Crippen molar-refractivity contribution in [3.05, 3.63) is 15.1 Å². The van der Waals surface area contributed by atoms with Crippen LogP contribution in [0, 0.1) is 0 Å². The number of nitrogens with zero attached hydrogens (tertiary/aromatic N) is 3. The van der Waals surface area contributed by atoms with Gasteiger partial charge in [-0.1, -0.05) is 0 Å². The van der Waals surface area contributed by atoms with Crippen LogP contribution in [0.4, 0.5) is 5.95 Å². The van der Waals surface area contributed by atoms with Gasteiger partial charge in [0.05, 0.1) is 6.61 Å². The van der Waals surface area contributed by atoms with Crippen molar-refractivity contribution in [1.29, 1.82) is 0 Å². The van der Waals surface area contributed by atoms with E-state index in [2.05, 4.69) is 30.9 Å². The monoisotopic (exact) mass is 377 g/mol. The first-order valence-electron chi connectivity index (χ1n) is 6.11. The number of H-pyrrole nitrogens is 1. The Morgan fingerprint density at radius 3 is 2.73 bits per heavy atom. The molecule has 7 N–H and O–H groups in total. The van der Waals surface area contributed by atoms with Gasteiger partial charge in [-0.15, -0.1) is 0 Å². The lowest BCUT2D eigenvalue weighted by atomic mass is 10.1. The smallest absolute Gasteiger partial charge is 0.287 e. The second-order valence-electron chi connectivity index (χ2n) is 4.77. The first-order valence-corrected chi connectivity index (χ1v) is 6.90. The highest BCUT2D eigenvalue weighted by Crippen LogP contribution is 2.37. The minimum atomic E-state index is -2.49. The van der Waals surface area contributed by atoms with E-state index in [1.54, 1.807) is 0 Å². The third-order valence-electron chi connectivity index (χ3n) is 3.41. The number of ether oxygens (including phenoxy) is 1. The fourth-order valence-corrected chi connectivity index (χ4v) is 2.96.